The van der Waals surface area contributed by atoms with Crippen LogP contribution in [0, 0.1) is 29.6 Å². The van der Waals surface area contributed by atoms with E-state index >= 15 is 0 Å². The number of aliphatic hydroxyl groups is 3. The average Bonchev–Trinajstić information content (AvgIpc) is 3.82. The van der Waals surface area contributed by atoms with Gasteiger partial charge in [-0.1, -0.05) is 27.7 Å². The van der Waals surface area contributed by atoms with Crippen LogP contribution in [0.15, 0.2) is 0 Å². The maximum Gasteiger partial charge on any atom is 0.311 e. The number of carbonyl (C=O) groups excluding carboxylic acids is 2. The number of esters is 1. The lowest BCUT2D eigenvalue weighted by molar-refractivity contribution is -0.299. The Morgan fingerprint density at radius 1 is 0.796 bits per heavy atom. The van der Waals surface area contributed by atoms with E-state index < -0.39 is 96.7 Å². The molecule has 4 aliphatic rings. The van der Waals surface area contributed by atoms with E-state index in [-0.39, 0.29) is 55.7 Å². The number of carbonyl (C=O) groups is 2. The smallest absolute Gasteiger partial charge is 0.311 e. The molecule has 0 aromatic rings. The number of Topliss-reactive ketones (excluding diaryl/α,β-unsaturated/α-hetero) is 1. The standard InChI is InChI=1S/C35H61NO12.ClH/c1-16-14-35(15-43-35)32(40)19(4)27(37)18(3)22(7)46-33(41)21(6)31(47-26-13-25(42-11)28(38)23(8)45-26)20(5)30(16)48-34-29(39)24(36(9)10)12-17(2)44-34;/h16-31,34,37-39H,12-15H2,1-11H3;1H/t16-,17+,18-,19+,20-,21+,22+,23-,24-,25-,26-,27+,28-,29+,30-,31-,34-,35+;/m0./s1. The molecule has 4 heterocycles. The van der Waals surface area contributed by atoms with E-state index in [1.54, 1.807) is 34.6 Å². The fourth-order valence-electron chi connectivity index (χ4n) is 7.89. The highest BCUT2D eigenvalue weighted by molar-refractivity contribution is 5.92. The lowest BCUT2D eigenvalue weighted by atomic mass is 9.76. The fraction of sp³-hybridized carbons (Fsp3) is 0.943. The van der Waals surface area contributed by atoms with E-state index in [9.17, 15) is 24.9 Å². The first-order valence-corrected chi connectivity index (χ1v) is 17.7. The Labute approximate surface area is 298 Å². The summed E-state index contributed by atoms with van der Waals surface area (Å²) >= 11 is 0. The number of hydrogen-bond acceptors (Lipinski definition) is 13. The molecule has 0 amide bonds. The van der Waals surface area contributed by atoms with Gasteiger partial charge in [-0.05, 0) is 60.5 Å². The number of methoxy groups -OCH3 is 1. The molecule has 13 nitrogen and oxygen atoms in total. The molecule has 4 aliphatic heterocycles. The summed E-state index contributed by atoms with van der Waals surface area (Å²) in [5, 5.41) is 33.3. The van der Waals surface area contributed by atoms with E-state index in [1.165, 1.54) is 7.11 Å². The summed E-state index contributed by atoms with van der Waals surface area (Å²) in [6.07, 6.45) is -7.15. The molecule has 18 atom stereocenters. The van der Waals surface area contributed by atoms with E-state index in [0.717, 1.165) is 0 Å². The van der Waals surface area contributed by atoms with Gasteiger partial charge in [0, 0.05) is 37.3 Å². The number of ether oxygens (including phenoxy) is 7. The van der Waals surface area contributed by atoms with Gasteiger partial charge in [0.1, 0.15) is 18.3 Å². The SMILES string of the molecule is CO[C@H]1C[C@H](O[C@H]2[C@@H](C)[C@@H](O[C@@H]3O[C@H](C)C[C@H](N(C)C)[C@H]3O)[C@@H](C)C[C@@]3(CO3)C(=O)[C@H](C)[C@H](O)[C@@H](C)[C@@H](C)OC(=O)[C@@H]2C)O[C@@H](C)[C@@H]1O.Cl. The molecule has 49 heavy (non-hydrogen) atoms. The number of cyclic esters (lactones) is 1. The Bertz CT molecular complexity index is 1090. The van der Waals surface area contributed by atoms with E-state index in [4.69, 9.17) is 33.2 Å². The van der Waals surface area contributed by atoms with Crippen molar-refractivity contribution in [2.75, 3.05) is 27.8 Å². The fourth-order valence-corrected chi connectivity index (χ4v) is 7.89. The minimum absolute atomic E-state index is 0. The molecule has 0 unspecified atom stereocenters. The Hall–Kier alpha value is -0.970. The van der Waals surface area contributed by atoms with Crippen molar-refractivity contribution in [2.45, 2.75) is 154 Å². The first-order chi connectivity index (χ1) is 22.4. The first kappa shape index (κ1) is 42.4. The zero-order valence-corrected chi connectivity index (χ0v) is 31.8. The monoisotopic (exact) mass is 723 g/mol. The molecule has 14 heteroatoms. The summed E-state index contributed by atoms with van der Waals surface area (Å²) in [5.41, 5.74) is -1.10. The molecule has 4 rings (SSSR count). The third-order valence-electron chi connectivity index (χ3n) is 11.4. The number of nitrogens with zero attached hydrogens (tertiary/aromatic N) is 1. The van der Waals surface area contributed by atoms with Gasteiger partial charge in [-0.2, -0.15) is 0 Å². The Morgan fingerprint density at radius 3 is 2.00 bits per heavy atom. The Balaban J connectivity index is 0.00000650. The van der Waals surface area contributed by atoms with Crippen LogP contribution in [0.3, 0.4) is 0 Å². The summed E-state index contributed by atoms with van der Waals surface area (Å²) in [6.45, 7) is 14.6. The minimum Gasteiger partial charge on any atom is -0.462 e. The molecule has 3 N–H and O–H groups in total. The number of hydrogen-bond donors (Lipinski definition) is 3. The van der Waals surface area contributed by atoms with Gasteiger partial charge in [-0.15, -0.1) is 12.4 Å². The maximum atomic E-state index is 13.9. The lowest BCUT2D eigenvalue weighted by Gasteiger charge is -2.46. The van der Waals surface area contributed by atoms with E-state index in [2.05, 4.69) is 0 Å². The van der Waals surface area contributed by atoms with Gasteiger partial charge < -0.3 is 53.4 Å². The van der Waals surface area contributed by atoms with Crippen LogP contribution in [-0.2, 0) is 42.7 Å². The van der Waals surface area contributed by atoms with Crippen molar-refractivity contribution >= 4 is 24.2 Å². The van der Waals surface area contributed by atoms with Crippen LogP contribution in [0.2, 0.25) is 0 Å². The van der Waals surface area contributed by atoms with Crippen molar-refractivity contribution in [1.82, 2.24) is 4.90 Å². The molecule has 1 spiro atoms. The summed E-state index contributed by atoms with van der Waals surface area (Å²) in [7, 11) is 5.32. The highest BCUT2D eigenvalue weighted by Gasteiger charge is 2.57. The Morgan fingerprint density at radius 2 is 1.43 bits per heavy atom. The predicted molar refractivity (Wildman–Crippen MR) is 181 cm³/mol. The zero-order chi connectivity index (χ0) is 35.8. The van der Waals surface area contributed by atoms with E-state index in [0.29, 0.717) is 6.42 Å². The lowest BCUT2D eigenvalue weighted by Crippen LogP contribution is -2.57. The van der Waals surface area contributed by atoms with Crippen LogP contribution in [0.25, 0.3) is 0 Å². The highest BCUT2D eigenvalue weighted by Crippen LogP contribution is 2.43. The molecule has 0 aromatic heterocycles. The molecule has 286 valence electrons. The topological polar surface area (TPSA) is 166 Å². The van der Waals surface area contributed by atoms with Gasteiger partial charge in [-0.25, -0.2) is 0 Å². The van der Waals surface area contributed by atoms with Crippen LogP contribution < -0.4 is 0 Å². The third kappa shape index (κ3) is 9.34. The Kier molecular flexibility index (Phi) is 14.9. The molecule has 0 bridgehead atoms. The maximum absolute atomic E-state index is 13.9. The molecule has 0 aromatic carbocycles. The number of rotatable bonds is 6. The predicted octanol–water partition coefficient (Wildman–Crippen LogP) is 2.33. The molecule has 0 radical (unpaired) electrons. The van der Waals surface area contributed by atoms with Crippen molar-refractivity contribution < 1.29 is 58.1 Å². The van der Waals surface area contributed by atoms with Crippen LogP contribution >= 0.6 is 12.4 Å². The van der Waals surface area contributed by atoms with Gasteiger partial charge >= 0.3 is 5.97 Å². The van der Waals surface area contributed by atoms with E-state index in [1.807, 2.05) is 39.8 Å². The zero-order valence-electron chi connectivity index (χ0n) is 31.0. The van der Waals surface area contributed by atoms with Gasteiger partial charge in [0.05, 0.1) is 49.1 Å². The van der Waals surface area contributed by atoms with Crippen LogP contribution in [0.5, 0.6) is 0 Å². The molecule has 4 saturated heterocycles. The summed E-state index contributed by atoms with van der Waals surface area (Å²) in [6, 6.07) is -0.219. The molecule has 0 saturated carbocycles. The molecular weight excluding hydrogens is 662 g/mol. The van der Waals surface area contributed by atoms with Crippen molar-refractivity contribution in [3.63, 3.8) is 0 Å². The second-order valence-corrected chi connectivity index (χ2v) is 15.3. The van der Waals surface area contributed by atoms with Gasteiger partial charge in [0.25, 0.3) is 0 Å². The molecular formula is C35H62ClNO12. The molecule has 0 aliphatic carbocycles. The van der Waals surface area contributed by atoms with Crippen molar-refractivity contribution in [3.8, 4) is 0 Å². The quantitative estimate of drug-likeness (QED) is 0.270. The normalized spacial score (nSPS) is 48.8. The van der Waals surface area contributed by atoms with Gasteiger partial charge in [0.15, 0.2) is 24.0 Å². The van der Waals surface area contributed by atoms with Crippen molar-refractivity contribution in [3.05, 3.63) is 0 Å². The van der Waals surface area contributed by atoms with Crippen molar-refractivity contribution in [2.24, 2.45) is 29.6 Å². The summed E-state index contributed by atoms with van der Waals surface area (Å²) in [5.74, 6) is -3.74. The van der Waals surface area contributed by atoms with Gasteiger partial charge in [0.2, 0.25) is 0 Å². The largest absolute Gasteiger partial charge is 0.462 e. The van der Waals surface area contributed by atoms with Crippen molar-refractivity contribution in [1.29, 1.82) is 0 Å². The number of halogens is 1. The average molecular weight is 724 g/mol. The van der Waals surface area contributed by atoms with Crippen LogP contribution in [0.4, 0.5) is 0 Å². The first-order valence-electron chi connectivity index (χ1n) is 17.7. The van der Waals surface area contributed by atoms with Gasteiger partial charge in [-0.3, -0.25) is 9.59 Å². The van der Waals surface area contributed by atoms with Crippen LogP contribution in [0.1, 0.15) is 74.7 Å². The summed E-state index contributed by atoms with van der Waals surface area (Å²) < 4.78 is 43.0. The number of ketones is 1. The number of likely N-dealkylation sites (N-methyl/N-ethyl adjacent to an activating group) is 1. The second kappa shape index (κ2) is 17.2. The number of aliphatic hydroxyl groups excluding tert-OH is 3. The third-order valence-corrected chi connectivity index (χ3v) is 11.4. The number of epoxide rings is 1. The molecule has 4 fully saturated rings. The highest BCUT2D eigenvalue weighted by atomic mass is 35.5. The summed E-state index contributed by atoms with van der Waals surface area (Å²) in [4.78, 5) is 29.7. The minimum atomic E-state index is -1.10. The second-order valence-electron chi connectivity index (χ2n) is 15.3. The van der Waals surface area contributed by atoms with Crippen LogP contribution in [-0.4, -0.2) is 139 Å².